The van der Waals surface area contributed by atoms with Crippen molar-refractivity contribution in [1.82, 2.24) is 20.4 Å². The maximum absolute atomic E-state index is 13.8. The van der Waals surface area contributed by atoms with Gasteiger partial charge in [0.1, 0.15) is 0 Å². The van der Waals surface area contributed by atoms with Crippen LogP contribution in [0.5, 0.6) is 0 Å². The second-order valence-electron chi connectivity index (χ2n) is 13.5. The summed E-state index contributed by atoms with van der Waals surface area (Å²) in [6.45, 7) is 3.55. The van der Waals surface area contributed by atoms with Gasteiger partial charge in [0.25, 0.3) is 0 Å². The summed E-state index contributed by atoms with van der Waals surface area (Å²) in [5.41, 5.74) is 6.07. The van der Waals surface area contributed by atoms with E-state index >= 15 is 0 Å². The minimum absolute atomic E-state index is 0.0510. The summed E-state index contributed by atoms with van der Waals surface area (Å²) in [4.78, 5) is 43.7. The van der Waals surface area contributed by atoms with Gasteiger partial charge in [0, 0.05) is 51.6 Å². The van der Waals surface area contributed by atoms with Crippen LogP contribution in [0.25, 0.3) is 10.8 Å². The van der Waals surface area contributed by atoms with Gasteiger partial charge in [0.2, 0.25) is 17.7 Å². The molecule has 0 aromatic heterocycles. The number of rotatable bonds is 9. The van der Waals surface area contributed by atoms with Gasteiger partial charge in [0.15, 0.2) is 0 Å². The fraction of sp³-hybridized carbons (Fsp3) is 0.375. The number of carbonyl (C=O) groups excluding carboxylic acids is 3. The molecule has 4 aromatic rings. The Kier molecular flexibility index (Phi) is 9.34. The molecular formula is C40H44N4O3. The molecule has 3 aliphatic rings. The topological polar surface area (TPSA) is 81.8 Å². The van der Waals surface area contributed by atoms with E-state index in [1.54, 1.807) is 0 Å². The lowest BCUT2D eigenvalue weighted by atomic mass is 9.86. The lowest BCUT2D eigenvalue weighted by molar-refractivity contribution is -0.133. The van der Waals surface area contributed by atoms with Crippen molar-refractivity contribution in [2.45, 2.75) is 76.0 Å². The van der Waals surface area contributed by atoms with Crippen LogP contribution in [-0.2, 0) is 40.3 Å². The van der Waals surface area contributed by atoms with Gasteiger partial charge in [-0.25, -0.2) is 0 Å². The number of hydrogen-bond acceptors (Lipinski definition) is 4. The smallest absolute Gasteiger partial charge is 0.237 e. The van der Waals surface area contributed by atoms with Gasteiger partial charge in [-0.15, -0.1) is 0 Å². The van der Waals surface area contributed by atoms with E-state index in [0.717, 1.165) is 36.8 Å². The van der Waals surface area contributed by atoms with E-state index in [1.165, 1.54) is 27.6 Å². The summed E-state index contributed by atoms with van der Waals surface area (Å²) in [5.74, 6) is 0.647. The van der Waals surface area contributed by atoms with Crippen molar-refractivity contribution in [3.63, 3.8) is 0 Å². The van der Waals surface area contributed by atoms with Gasteiger partial charge in [-0.2, -0.15) is 0 Å². The first-order valence-corrected chi connectivity index (χ1v) is 17.2. The molecule has 3 heterocycles. The van der Waals surface area contributed by atoms with Crippen molar-refractivity contribution in [2.75, 3.05) is 19.6 Å². The number of amides is 3. The van der Waals surface area contributed by atoms with Crippen LogP contribution >= 0.6 is 0 Å². The van der Waals surface area contributed by atoms with Crippen molar-refractivity contribution in [2.24, 2.45) is 0 Å². The van der Waals surface area contributed by atoms with Gasteiger partial charge in [0.05, 0.1) is 6.04 Å². The maximum atomic E-state index is 13.8. The Bertz CT molecular complexity index is 1760. The third-order valence-corrected chi connectivity index (χ3v) is 10.3. The standard InChI is InChI=1S/C40H44N4O3/c45-38-14-7-19-44(38)27-34-12-5-6-13-36(34)30-17-20-43(21-18-30)39(46)25-35(23-28-15-16-29-8-1-2-9-31(29)22-28)42-40(47)37-24-32-10-3-4-11-33(32)26-41-37/h1-6,8-13,15-16,22,30,35,37,41H,7,14,17-21,23-27H2,(H,42,47)/t35-,37?/m1/s1. The monoisotopic (exact) mass is 628 g/mol. The van der Waals surface area contributed by atoms with Crippen LogP contribution in [0, 0.1) is 0 Å². The second kappa shape index (κ2) is 14.1. The molecule has 242 valence electrons. The van der Waals surface area contributed by atoms with Crippen molar-refractivity contribution in [3.05, 3.63) is 119 Å². The highest BCUT2D eigenvalue weighted by Crippen LogP contribution is 2.32. The molecule has 0 aliphatic carbocycles. The van der Waals surface area contributed by atoms with Crippen molar-refractivity contribution < 1.29 is 14.4 Å². The van der Waals surface area contributed by atoms with E-state index in [0.29, 0.717) is 51.4 Å². The Morgan fingerprint density at radius 1 is 0.851 bits per heavy atom. The first-order valence-electron chi connectivity index (χ1n) is 17.2. The summed E-state index contributed by atoms with van der Waals surface area (Å²) in [7, 11) is 0. The molecule has 4 aromatic carbocycles. The predicted octanol–water partition coefficient (Wildman–Crippen LogP) is 5.50. The quantitative estimate of drug-likeness (QED) is 0.257. The van der Waals surface area contributed by atoms with Gasteiger partial charge >= 0.3 is 0 Å². The van der Waals surface area contributed by atoms with Crippen LogP contribution < -0.4 is 10.6 Å². The summed E-state index contributed by atoms with van der Waals surface area (Å²) in [6, 6.07) is 30.8. The second-order valence-corrected chi connectivity index (χ2v) is 13.5. The molecule has 3 amide bonds. The Morgan fingerprint density at radius 3 is 2.40 bits per heavy atom. The highest BCUT2D eigenvalue weighted by molar-refractivity contribution is 5.85. The van der Waals surface area contributed by atoms with Gasteiger partial charge < -0.3 is 20.4 Å². The van der Waals surface area contributed by atoms with Crippen molar-refractivity contribution >= 4 is 28.5 Å². The van der Waals surface area contributed by atoms with Crippen LogP contribution in [0.1, 0.15) is 65.8 Å². The molecule has 0 bridgehead atoms. The number of hydrogen-bond donors (Lipinski definition) is 2. The summed E-state index contributed by atoms with van der Waals surface area (Å²) in [5, 5.41) is 9.02. The van der Waals surface area contributed by atoms with Gasteiger partial charge in [-0.3, -0.25) is 14.4 Å². The van der Waals surface area contributed by atoms with E-state index < -0.39 is 0 Å². The Labute approximate surface area is 277 Å². The molecule has 0 radical (unpaired) electrons. The average Bonchev–Trinajstić information content (AvgIpc) is 3.51. The molecule has 0 spiro atoms. The maximum Gasteiger partial charge on any atom is 0.237 e. The van der Waals surface area contributed by atoms with E-state index in [9.17, 15) is 14.4 Å². The normalized spacial score (nSPS) is 19.1. The minimum atomic E-state index is -0.328. The van der Waals surface area contributed by atoms with Gasteiger partial charge in [-0.05, 0) is 76.6 Å². The van der Waals surface area contributed by atoms with E-state index in [4.69, 9.17) is 0 Å². The van der Waals surface area contributed by atoms with E-state index in [1.807, 2.05) is 34.1 Å². The predicted molar refractivity (Wildman–Crippen MR) is 185 cm³/mol. The average molecular weight is 629 g/mol. The first-order chi connectivity index (χ1) is 23.0. The zero-order valence-electron chi connectivity index (χ0n) is 27.0. The number of piperidine rings is 1. The highest BCUT2D eigenvalue weighted by atomic mass is 16.2. The summed E-state index contributed by atoms with van der Waals surface area (Å²) in [6.07, 6.45) is 4.86. The third-order valence-electron chi connectivity index (χ3n) is 10.3. The van der Waals surface area contributed by atoms with E-state index in [2.05, 4.69) is 77.4 Å². The fourth-order valence-corrected chi connectivity index (χ4v) is 7.70. The molecule has 2 atom stereocenters. The number of likely N-dealkylation sites (tertiary alicyclic amines) is 2. The fourth-order valence-electron chi connectivity index (χ4n) is 7.70. The molecule has 2 N–H and O–H groups in total. The molecule has 47 heavy (non-hydrogen) atoms. The lowest BCUT2D eigenvalue weighted by Gasteiger charge is -2.34. The Balaban J connectivity index is 1.02. The van der Waals surface area contributed by atoms with Crippen molar-refractivity contribution in [3.8, 4) is 0 Å². The van der Waals surface area contributed by atoms with Crippen LogP contribution in [0.2, 0.25) is 0 Å². The van der Waals surface area contributed by atoms with Crippen molar-refractivity contribution in [1.29, 1.82) is 0 Å². The van der Waals surface area contributed by atoms with Crippen LogP contribution in [0.15, 0.2) is 91.0 Å². The highest BCUT2D eigenvalue weighted by Gasteiger charge is 2.30. The Hall–Kier alpha value is -4.49. The Morgan fingerprint density at radius 2 is 1.60 bits per heavy atom. The summed E-state index contributed by atoms with van der Waals surface area (Å²) < 4.78 is 0. The lowest BCUT2D eigenvalue weighted by Crippen LogP contribution is -2.52. The zero-order chi connectivity index (χ0) is 32.2. The number of nitrogens with zero attached hydrogens (tertiary/aromatic N) is 2. The molecule has 2 saturated heterocycles. The van der Waals surface area contributed by atoms with E-state index in [-0.39, 0.29) is 36.2 Å². The molecule has 7 nitrogen and oxygen atoms in total. The molecule has 3 aliphatic heterocycles. The molecule has 0 saturated carbocycles. The molecule has 1 unspecified atom stereocenters. The summed E-state index contributed by atoms with van der Waals surface area (Å²) >= 11 is 0. The number of fused-ring (bicyclic) bond motifs is 2. The van der Waals surface area contributed by atoms with Crippen LogP contribution in [0.4, 0.5) is 0 Å². The molecule has 2 fully saturated rings. The largest absolute Gasteiger partial charge is 0.351 e. The third kappa shape index (κ3) is 7.25. The van der Waals surface area contributed by atoms with Crippen LogP contribution in [0.3, 0.4) is 0 Å². The molecule has 7 rings (SSSR count). The van der Waals surface area contributed by atoms with Crippen LogP contribution in [-0.4, -0.2) is 59.2 Å². The van der Waals surface area contributed by atoms with Gasteiger partial charge in [-0.1, -0.05) is 91.0 Å². The zero-order valence-corrected chi connectivity index (χ0v) is 27.0. The SMILES string of the molecule is O=C(N[C@@H](CC(=O)N1CCC(c2ccccc2CN2CCCC2=O)CC1)Cc1ccc2ccccc2c1)C1Cc2ccccc2CN1. The number of benzene rings is 4. The number of nitrogens with one attached hydrogen (secondary N) is 2. The molecular weight excluding hydrogens is 584 g/mol. The number of carbonyl (C=O) groups is 3. The first kappa shape index (κ1) is 31.1. The minimum Gasteiger partial charge on any atom is -0.351 e. The molecule has 7 heteroatoms.